The zero-order valence-electron chi connectivity index (χ0n) is 18.9. The van der Waals surface area contributed by atoms with Crippen LogP contribution in [0.5, 0.6) is 11.5 Å². The average Bonchev–Trinajstić information content (AvgIpc) is 3.41. The monoisotopic (exact) mass is 481 g/mol. The fourth-order valence-electron chi connectivity index (χ4n) is 3.50. The average molecular weight is 482 g/mol. The summed E-state index contributed by atoms with van der Waals surface area (Å²) in [5, 5.41) is 3.04. The lowest BCUT2D eigenvalue weighted by molar-refractivity contribution is -0.119. The molecule has 2 aromatic carbocycles. The Kier molecular flexibility index (Phi) is 6.83. The van der Waals surface area contributed by atoms with Crippen LogP contribution in [0.4, 0.5) is 5.00 Å². The van der Waals surface area contributed by atoms with Gasteiger partial charge in [-0.1, -0.05) is 29.8 Å². The quantitative estimate of drug-likeness (QED) is 0.487. The molecule has 0 unspecified atom stereocenters. The van der Waals surface area contributed by atoms with Gasteiger partial charge in [0.15, 0.2) is 18.1 Å². The van der Waals surface area contributed by atoms with Crippen LogP contribution in [0.25, 0.3) is 11.1 Å². The molecule has 0 aliphatic carbocycles. The Hall–Kier alpha value is -3.85. The summed E-state index contributed by atoms with van der Waals surface area (Å²) in [7, 11) is 0. The van der Waals surface area contributed by atoms with Crippen LogP contribution in [0.1, 0.15) is 38.1 Å². The molecule has 1 aromatic heterocycles. The molecule has 2 heterocycles. The fraction of sp³-hybridized carbons (Fsp3) is 0.240. The predicted octanol–water partition coefficient (Wildman–Crippen LogP) is 4.73. The van der Waals surface area contributed by atoms with Crippen molar-refractivity contribution in [1.82, 2.24) is 0 Å². The highest BCUT2D eigenvalue weighted by Gasteiger charge is 2.26. The topological polar surface area (TPSA) is 100 Å². The number of hydrogen-bond donors (Lipinski definition) is 1. The largest absolute Gasteiger partial charge is 0.462 e. The Morgan fingerprint density at radius 1 is 0.971 bits per heavy atom. The Labute approximate surface area is 200 Å². The molecular weight excluding hydrogens is 458 g/mol. The molecule has 1 aliphatic heterocycles. The fourth-order valence-corrected chi connectivity index (χ4v) is 4.58. The van der Waals surface area contributed by atoms with E-state index in [4.69, 9.17) is 18.9 Å². The number of anilines is 1. The second-order valence-corrected chi connectivity index (χ2v) is 8.74. The number of nitrogens with one attached hydrogen (secondary N) is 1. The van der Waals surface area contributed by atoms with Crippen LogP contribution in [0, 0.1) is 13.8 Å². The van der Waals surface area contributed by atoms with Gasteiger partial charge in [-0.25, -0.2) is 9.59 Å². The van der Waals surface area contributed by atoms with Crippen molar-refractivity contribution in [2.75, 3.05) is 25.3 Å². The number of hydrogen-bond acceptors (Lipinski definition) is 8. The molecule has 1 aliphatic rings. The minimum Gasteiger partial charge on any atom is -0.462 e. The molecule has 0 spiro atoms. The molecule has 0 saturated carbocycles. The zero-order valence-corrected chi connectivity index (χ0v) is 19.7. The zero-order chi connectivity index (χ0) is 24.2. The number of thiophene rings is 1. The number of carbonyl (C=O) groups excluding carboxylic acids is 3. The van der Waals surface area contributed by atoms with Crippen LogP contribution in [-0.4, -0.2) is 37.9 Å². The first-order valence-corrected chi connectivity index (χ1v) is 11.4. The molecule has 9 heteroatoms. The van der Waals surface area contributed by atoms with Crippen LogP contribution < -0.4 is 14.8 Å². The molecule has 0 fully saturated rings. The SMILES string of the molecule is CCOC(=O)c1c(NC(=O)COC(=O)c2ccc3c(c2)OCO3)sc(C)c1-c1ccc(C)cc1. The molecule has 0 bridgehead atoms. The first kappa shape index (κ1) is 23.3. The predicted molar refractivity (Wildman–Crippen MR) is 127 cm³/mol. The van der Waals surface area contributed by atoms with Crippen molar-refractivity contribution in [2.45, 2.75) is 20.8 Å². The van der Waals surface area contributed by atoms with Crippen LogP contribution >= 0.6 is 11.3 Å². The Morgan fingerprint density at radius 3 is 2.44 bits per heavy atom. The Balaban J connectivity index is 1.50. The second-order valence-electron chi connectivity index (χ2n) is 7.52. The van der Waals surface area contributed by atoms with Crippen molar-refractivity contribution in [3.63, 3.8) is 0 Å². The molecule has 1 amide bonds. The van der Waals surface area contributed by atoms with Crippen molar-refractivity contribution in [3.05, 3.63) is 64.0 Å². The van der Waals surface area contributed by atoms with Gasteiger partial charge in [0.25, 0.3) is 5.91 Å². The first-order chi connectivity index (χ1) is 16.4. The number of amides is 1. The summed E-state index contributed by atoms with van der Waals surface area (Å²) in [5.74, 6) is -0.804. The van der Waals surface area contributed by atoms with Gasteiger partial charge in [0.1, 0.15) is 10.6 Å². The van der Waals surface area contributed by atoms with E-state index in [0.29, 0.717) is 22.1 Å². The molecule has 176 valence electrons. The molecule has 34 heavy (non-hydrogen) atoms. The minimum atomic E-state index is -0.679. The highest BCUT2D eigenvalue weighted by molar-refractivity contribution is 7.17. The van der Waals surface area contributed by atoms with Gasteiger partial charge in [-0.2, -0.15) is 0 Å². The number of carbonyl (C=O) groups is 3. The molecule has 1 N–H and O–H groups in total. The van der Waals surface area contributed by atoms with E-state index in [1.807, 2.05) is 38.1 Å². The lowest BCUT2D eigenvalue weighted by atomic mass is 10.0. The summed E-state index contributed by atoms with van der Waals surface area (Å²) in [6.07, 6.45) is 0. The number of esters is 2. The molecule has 0 atom stereocenters. The summed E-state index contributed by atoms with van der Waals surface area (Å²) in [6, 6.07) is 12.4. The van der Waals surface area contributed by atoms with Gasteiger partial charge >= 0.3 is 11.9 Å². The van der Waals surface area contributed by atoms with E-state index in [-0.39, 0.29) is 24.5 Å². The van der Waals surface area contributed by atoms with Crippen molar-refractivity contribution in [2.24, 2.45) is 0 Å². The van der Waals surface area contributed by atoms with Crippen LogP contribution in [0.2, 0.25) is 0 Å². The molecule has 3 aromatic rings. The van der Waals surface area contributed by atoms with Crippen LogP contribution in [0.15, 0.2) is 42.5 Å². The van der Waals surface area contributed by atoms with E-state index in [9.17, 15) is 14.4 Å². The normalized spacial score (nSPS) is 11.7. The highest BCUT2D eigenvalue weighted by atomic mass is 32.1. The van der Waals surface area contributed by atoms with Gasteiger partial charge in [0.05, 0.1) is 12.2 Å². The number of benzene rings is 2. The van der Waals surface area contributed by atoms with Gasteiger partial charge in [0, 0.05) is 10.4 Å². The third kappa shape index (κ3) is 4.89. The van der Waals surface area contributed by atoms with E-state index >= 15 is 0 Å². The van der Waals surface area contributed by atoms with E-state index in [1.165, 1.54) is 23.5 Å². The van der Waals surface area contributed by atoms with Gasteiger partial charge in [0.2, 0.25) is 6.79 Å². The number of fused-ring (bicyclic) bond motifs is 1. The summed E-state index contributed by atoms with van der Waals surface area (Å²) in [4.78, 5) is 38.6. The molecule has 8 nitrogen and oxygen atoms in total. The van der Waals surface area contributed by atoms with E-state index in [0.717, 1.165) is 16.0 Å². The maximum atomic E-state index is 12.8. The van der Waals surface area contributed by atoms with Gasteiger partial charge in [-0.3, -0.25) is 4.79 Å². The summed E-state index contributed by atoms with van der Waals surface area (Å²) in [6.45, 7) is 5.33. The van der Waals surface area contributed by atoms with Gasteiger partial charge in [-0.15, -0.1) is 11.3 Å². The molecular formula is C25H23NO7S. The number of ether oxygens (including phenoxy) is 4. The van der Waals surface area contributed by atoms with Gasteiger partial charge < -0.3 is 24.3 Å². The van der Waals surface area contributed by atoms with Crippen LogP contribution in [0.3, 0.4) is 0 Å². The maximum absolute atomic E-state index is 12.8. The van der Waals surface area contributed by atoms with Crippen molar-refractivity contribution >= 4 is 34.2 Å². The number of aryl methyl sites for hydroxylation is 2. The van der Waals surface area contributed by atoms with E-state index in [2.05, 4.69) is 5.32 Å². The minimum absolute atomic E-state index is 0.0871. The summed E-state index contributed by atoms with van der Waals surface area (Å²) < 4.78 is 20.9. The lowest BCUT2D eigenvalue weighted by Crippen LogP contribution is -2.21. The summed E-state index contributed by atoms with van der Waals surface area (Å²) >= 11 is 1.26. The van der Waals surface area contributed by atoms with Crippen molar-refractivity contribution in [3.8, 4) is 22.6 Å². The Bertz CT molecular complexity index is 1250. The lowest BCUT2D eigenvalue weighted by Gasteiger charge is -2.10. The molecule has 0 saturated heterocycles. The first-order valence-electron chi connectivity index (χ1n) is 10.6. The van der Waals surface area contributed by atoms with Crippen LogP contribution in [-0.2, 0) is 14.3 Å². The third-order valence-corrected chi connectivity index (χ3v) is 6.12. The van der Waals surface area contributed by atoms with E-state index in [1.54, 1.807) is 13.0 Å². The van der Waals surface area contributed by atoms with Crippen molar-refractivity contribution in [1.29, 1.82) is 0 Å². The van der Waals surface area contributed by atoms with E-state index < -0.39 is 24.5 Å². The third-order valence-electron chi connectivity index (χ3n) is 5.10. The number of rotatable bonds is 7. The molecule has 0 radical (unpaired) electrons. The van der Waals surface area contributed by atoms with Gasteiger partial charge in [-0.05, 0) is 44.5 Å². The van der Waals surface area contributed by atoms with Crippen molar-refractivity contribution < 1.29 is 33.3 Å². The molecule has 4 rings (SSSR count). The standard InChI is InChI=1S/C25H23NO7S/c1-4-30-25(29)22-21(16-7-5-14(2)6-8-16)15(3)34-23(22)26-20(27)12-31-24(28)17-9-10-18-19(11-17)33-13-32-18/h5-11H,4,12-13H2,1-3H3,(H,26,27). The highest BCUT2D eigenvalue weighted by Crippen LogP contribution is 2.40. The second kappa shape index (κ2) is 9.96. The summed E-state index contributed by atoms with van der Waals surface area (Å²) in [5.41, 5.74) is 3.15. The smallest absolute Gasteiger partial charge is 0.341 e. The maximum Gasteiger partial charge on any atom is 0.341 e. The Morgan fingerprint density at radius 2 is 1.71 bits per heavy atom.